The van der Waals surface area contributed by atoms with Gasteiger partial charge in [0, 0.05) is 12.6 Å². The molecule has 0 spiro atoms. The van der Waals surface area contributed by atoms with Crippen molar-refractivity contribution in [2.45, 2.75) is 4.90 Å². The molecule has 2 aliphatic heterocycles. The molecule has 2 heterocycles. The molecule has 9 heteroatoms. The number of para-hydroxylation sites is 1. The zero-order valence-corrected chi connectivity index (χ0v) is 13.9. The molecule has 7 nitrogen and oxygen atoms in total. The summed E-state index contributed by atoms with van der Waals surface area (Å²) in [5.41, 5.74) is 7.06. The molecule has 0 saturated carbocycles. The number of sulfone groups is 1. The summed E-state index contributed by atoms with van der Waals surface area (Å²) in [5, 5.41) is 4.50. The highest BCUT2D eigenvalue weighted by Gasteiger charge is 2.38. The summed E-state index contributed by atoms with van der Waals surface area (Å²) in [5.74, 6) is 0.204. The fourth-order valence-electron chi connectivity index (χ4n) is 2.79. The Kier molecular flexibility index (Phi) is 3.48. The molecule has 2 aliphatic rings. The van der Waals surface area contributed by atoms with Crippen LogP contribution >= 0.6 is 0 Å². The number of aliphatic imine (C=N–C) groups is 1. The van der Waals surface area contributed by atoms with E-state index in [1.807, 2.05) is 24.3 Å². The van der Waals surface area contributed by atoms with E-state index in [4.69, 9.17) is 0 Å². The van der Waals surface area contributed by atoms with E-state index in [0.29, 0.717) is 5.84 Å². The number of hydrazine groups is 2. The molecule has 0 bridgehead atoms. The van der Waals surface area contributed by atoms with Gasteiger partial charge in [-0.15, -0.1) is 5.53 Å². The van der Waals surface area contributed by atoms with Crippen LogP contribution in [-0.2, 0) is 9.84 Å². The number of benzene rings is 2. The van der Waals surface area contributed by atoms with Crippen molar-refractivity contribution in [2.24, 2.45) is 4.99 Å². The molecule has 0 fully saturated rings. The van der Waals surface area contributed by atoms with Gasteiger partial charge in [0.05, 0.1) is 10.6 Å². The van der Waals surface area contributed by atoms with Gasteiger partial charge in [-0.1, -0.05) is 18.2 Å². The summed E-state index contributed by atoms with van der Waals surface area (Å²) >= 11 is 0. The van der Waals surface area contributed by atoms with Gasteiger partial charge in [-0.2, -0.15) is 0 Å². The summed E-state index contributed by atoms with van der Waals surface area (Å²) < 4.78 is 39.3. The average Bonchev–Trinajstić information content (AvgIpc) is 3.06. The van der Waals surface area contributed by atoms with Gasteiger partial charge in [-0.25, -0.2) is 17.8 Å². The zero-order valence-electron chi connectivity index (χ0n) is 13.1. The van der Waals surface area contributed by atoms with Crippen LogP contribution in [0.5, 0.6) is 0 Å². The molecule has 0 amide bonds. The van der Waals surface area contributed by atoms with E-state index >= 15 is 0 Å². The van der Waals surface area contributed by atoms with E-state index in [1.165, 1.54) is 18.2 Å². The second-order valence-electron chi connectivity index (χ2n) is 5.43. The Morgan fingerprint density at radius 2 is 1.92 bits per heavy atom. The van der Waals surface area contributed by atoms with Crippen LogP contribution in [0.15, 0.2) is 69.3 Å². The Morgan fingerprint density at radius 3 is 2.68 bits per heavy atom. The number of amidine groups is 1. The second kappa shape index (κ2) is 5.57. The summed E-state index contributed by atoms with van der Waals surface area (Å²) in [7, 11) is -2.34. The third-order valence-electron chi connectivity index (χ3n) is 3.96. The third kappa shape index (κ3) is 2.36. The van der Waals surface area contributed by atoms with E-state index < -0.39 is 15.7 Å². The molecule has 0 radical (unpaired) electrons. The molecule has 3 N–H and O–H groups in total. The lowest BCUT2D eigenvalue weighted by molar-refractivity contribution is 0.588. The fourth-order valence-corrected chi connectivity index (χ4v) is 4.13. The number of hydrogen-bond acceptors (Lipinski definition) is 6. The van der Waals surface area contributed by atoms with Gasteiger partial charge in [0.2, 0.25) is 9.84 Å². The van der Waals surface area contributed by atoms with Crippen LogP contribution in [0.2, 0.25) is 0 Å². The first kappa shape index (κ1) is 15.6. The molecule has 128 valence electrons. The maximum atomic E-state index is 13.5. The summed E-state index contributed by atoms with van der Waals surface area (Å²) in [6.07, 6.45) is 0. The Labute approximate surface area is 143 Å². The van der Waals surface area contributed by atoms with Crippen LogP contribution in [0.4, 0.5) is 10.1 Å². The monoisotopic (exact) mass is 359 g/mol. The number of halogens is 1. The van der Waals surface area contributed by atoms with Crippen LogP contribution in [-0.4, -0.2) is 21.3 Å². The first-order chi connectivity index (χ1) is 12.0. The Balaban J connectivity index is 1.88. The predicted molar refractivity (Wildman–Crippen MR) is 91.4 cm³/mol. The summed E-state index contributed by atoms with van der Waals surface area (Å²) in [4.78, 5) is 4.05. The van der Waals surface area contributed by atoms with Crippen molar-refractivity contribution >= 4 is 21.4 Å². The molecule has 0 saturated heterocycles. The van der Waals surface area contributed by atoms with Crippen LogP contribution in [0.1, 0.15) is 5.56 Å². The zero-order chi connectivity index (χ0) is 17.6. The van der Waals surface area contributed by atoms with Gasteiger partial charge in [0.15, 0.2) is 10.9 Å². The Hall–Kier alpha value is -2.91. The molecule has 2 aromatic carbocycles. The summed E-state index contributed by atoms with van der Waals surface area (Å²) in [6, 6.07) is 12.3. The van der Waals surface area contributed by atoms with Crippen LogP contribution < -0.4 is 21.3 Å². The van der Waals surface area contributed by atoms with Crippen LogP contribution in [0.3, 0.4) is 0 Å². The van der Waals surface area contributed by atoms with Crippen molar-refractivity contribution in [1.29, 1.82) is 0 Å². The van der Waals surface area contributed by atoms with Gasteiger partial charge in [0.25, 0.3) is 0 Å². The Bertz CT molecular complexity index is 1030. The molecule has 0 aromatic heterocycles. The van der Waals surface area contributed by atoms with Gasteiger partial charge in [-0.3, -0.25) is 10.4 Å². The third-order valence-corrected chi connectivity index (χ3v) is 5.66. The average molecular weight is 359 g/mol. The number of fused-ring (bicyclic) bond motifs is 3. The molecule has 2 aromatic rings. The number of nitrogens with one attached hydrogen (secondary N) is 3. The lowest BCUT2D eigenvalue weighted by Crippen LogP contribution is -2.46. The second-order valence-corrected chi connectivity index (χ2v) is 7.31. The molecule has 4 rings (SSSR count). The lowest BCUT2D eigenvalue weighted by Gasteiger charge is -2.29. The highest BCUT2D eigenvalue weighted by molar-refractivity contribution is 7.95. The Morgan fingerprint density at radius 1 is 1.12 bits per heavy atom. The largest absolute Gasteiger partial charge is 0.323 e. The molecular weight excluding hydrogens is 345 g/mol. The standard InChI is InChI=1S/C16H14FN5O2S/c1-18-14-12-7-2-3-8-13(12)22-15(19-14)16(20-21-22)25(23,24)11-6-4-5-10(17)9-11/h2-9,20-21H,1H3,(H,18,19). The minimum atomic E-state index is -3.96. The normalized spacial score (nSPS) is 17.8. The van der Waals surface area contributed by atoms with E-state index in [2.05, 4.69) is 21.3 Å². The molecule has 25 heavy (non-hydrogen) atoms. The fraction of sp³-hybridized carbons (Fsp3) is 0.0625. The number of nitrogens with zero attached hydrogens (tertiary/aromatic N) is 2. The van der Waals surface area contributed by atoms with E-state index in [0.717, 1.165) is 17.3 Å². The molecular formula is C16H14FN5O2S. The predicted octanol–water partition coefficient (Wildman–Crippen LogP) is 1.23. The first-order valence-corrected chi connectivity index (χ1v) is 8.90. The smallest absolute Gasteiger partial charge is 0.226 e. The SMILES string of the molecule is CN=C1NC2=C(S(=O)(=O)c3cccc(F)c3)NNN2c2ccccc21. The van der Waals surface area contributed by atoms with Gasteiger partial charge in [-0.05, 0) is 30.3 Å². The van der Waals surface area contributed by atoms with Crippen LogP contribution in [0.25, 0.3) is 0 Å². The maximum absolute atomic E-state index is 13.5. The molecule has 0 atom stereocenters. The maximum Gasteiger partial charge on any atom is 0.226 e. The summed E-state index contributed by atoms with van der Waals surface area (Å²) in [6.45, 7) is 0. The first-order valence-electron chi connectivity index (χ1n) is 7.42. The van der Waals surface area contributed by atoms with E-state index in [-0.39, 0.29) is 15.7 Å². The van der Waals surface area contributed by atoms with Crippen molar-refractivity contribution in [3.8, 4) is 0 Å². The van der Waals surface area contributed by atoms with Crippen molar-refractivity contribution in [3.63, 3.8) is 0 Å². The molecule has 0 unspecified atom stereocenters. The number of rotatable bonds is 2. The highest BCUT2D eigenvalue weighted by Crippen LogP contribution is 2.32. The van der Waals surface area contributed by atoms with Gasteiger partial charge >= 0.3 is 0 Å². The minimum Gasteiger partial charge on any atom is -0.323 e. The minimum absolute atomic E-state index is 0.103. The van der Waals surface area contributed by atoms with Crippen LogP contribution in [0, 0.1) is 5.82 Å². The topological polar surface area (TPSA) is 85.8 Å². The van der Waals surface area contributed by atoms with E-state index in [9.17, 15) is 12.8 Å². The van der Waals surface area contributed by atoms with Crippen molar-refractivity contribution in [2.75, 3.05) is 12.1 Å². The quantitative estimate of drug-likeness (QED) is 0.748. The van der Waals surface area contributed by atoms with Crippen molar-refractivity contribution < 1.29 is 12.8 Å². The van der Waals surface area contributed by atoms with E-state index in [1.54, 1.807) is 12.1 Å². The number of anilines is 1. The lowest BCUT2D eigenvalue weighted by atomic mass is 10.1. The van der Waals surface area contributed by atoms with Crippen molar-refractivity contribution in [1.82, 2.24) is 16.3 Å². The highest BCUT2D eigenvalue weighted by atomic mass is 32.2. The molecule has 0 aliphatic carbocycles. The van der Waals surface area contributed by atoms with Gasteiger partial charge < -0.3 is 5.32 Å². The van der Waals surface area contributed by atoms with Gasteiger partial charge in [0.1, 0.15) is 11.7 Å². The number of hydrogen-bond donors (Lipinski definition) is 3. The van der Waals surface area contributed by atoms with Crippen molar-refractivity contribution in [3.05, 3.63) is 70.8 Å².